The summed E-state index contributed by atoms with van der Waals surface area (Å²) >= 11 is 0. The number of nitrogens with zero attached hydrogens (tertiary/aromatic N) is 3. The maximum Gasteiger partial charge on any atom is 0.273 e. The van der Waals surface area contributed by atoms with Gasteiger partial charge < -0.3 is 10.2 Å². The highest BCUT2D eigenvalue weighted by molar-refractivity contribution is 5.91. The van der Waals surface area contributed by atoms with Crippen LogP contribution in [0.4, 0.5) is 5.82 Å². The van der Waals surface area contributed by atoms with Crippen molar-refractivity contribution in [3.05, 3.63) is 17.8 Å². The molecule has 1 saturated carbocycles. The van der Waals surface area contributed by atoms with Crippen molar-refractivity contribution in [2.45, 2.75) is 31.7 Å². The number of aromatic nitrogens is 2. The lowest BCUT2D eigenvalue weighted by molar-refractivity contribution is 0.0821. The maximum atomic E-state index is 11.6. The van der Waals surface area contributed by atoms with Crippen molar-refractivity contribution in [3.8, 4) is 0 Å². The molecule has 2 rings (SSSR count). The molecule has 1 amide bonds. The van der Waals surface area contributed by atoms with E-state index in [1.54, 1.807) is 20.2 Å². The average Bonchev–Trinajstić information content (AvgIpc) is 2.27. The summed E-state index contributed by atoms with van der Waals surface area (Å²) < 4.78 is 0. The minimum absolute atomic E-state index is 0.126. The second-order valence-corrected chi connectivity index (χ2v) is 5.04. The highest BCUT2D eigenvalue weighted by Gasteiger charge is 2.31. The third-order valence-corrected chi connectivity index (χ3v) is 3.18. The molecule has 1 aliphatic rings. The number of hydrogen-bond acceptors (Lipinski definition) is 4. The monoisotopic (exact) mass is 234 g/mol. The zero-order chi connectivity index (χ0) is 12.5. The van der Waals surface area contributed by atoms with Gasteiger partial charge in [-0.15, -0.1) is 10.2 Å². The van der Waals surface area contributed by atoms with Gasteiger partial charge in [-0.1, -0.05) is 0 Å². The summed E-state index contributed by atoms with van der Waals surface area (Å²) in [5, 5.41) is 11.3. The summed E-state index contributed by atoms with van der Waals surface area (Å²) in [6.07, 6.45) is 3.58. The fourth-order valence-corrected chi connectivity index (χ4v) is 1.88. The predicted molar refractivity (Wildman–Crippen MR) is 65.9 cm³/mol. The van der Waals surface area contributed by atoms with Crippen LogP contribution in [0.25, 0.3) is 0 Å². The number of hydrogen-bond donors (Lipinski definition) is 1. The molecule has 0 aliphatic heterocycles. The first-order valence-corrected chi connectivity index (χ1v) is 5.84. The Morgan fingerprint density at radius 2 is 2.06 bits per heavy atom. The zero-order valence-electron chi connectivity index (χ0n) is 10.5. The summed E-state index contributed by atoms with van der Waals surface area (Å²) in [6, 6.07) is 3.52. The van der Waals surface area contributed by atoms with Crippen molar-refractivity contribution in [3.63, 3.8) is 0 Å². The van der Waals surface area contributed by atoms with E-state index < -0.39 is 0 Å². The van der Waals surface area contributed by atoms with Gasteiger partial charge in [0.25, 0.3) is 5.91 Å². The summed E-state index contributed by atoms with van der Waals surface area (Å²) in [6.45, 7) is 2.18. The summed E-state index contributed by atoms with van der Waals surface area (Å²) in [5.41, 5.74) is 0.529. The summed E-state index contributed by atoms with van der Waals surface area (Å²) in [4.78, 5) is 13.1. The van der Waals surface area contributed by atoms with Gasteiger partial charge in [-0.2, -0.15) is 0 Å². The quantitative estimate of drug-likeness (QED) is 0.861. The molecule has 0 aromatic carbocycles. The summed E-state index contributed by atoms with van der Waals surface area (Å²) in [5.74, 6) is 0.612. The predicted octanol–water partition coefficient (Wildman–Crippen LogP) is 1.53. The molecule has 0 unspecified atom stereocenters. The molecule has 0 spiro atoms. The van der Waals surface area contributed by atoms with Gasteiger partial charge in [0.2, 0.25) is 0 Å². The molecule has 1 heterocycles. The molecule has 1 aromatic rings. The molecule has 92 valence electrons. The van der Waals surface area contributed by atoms with Crippen LogP contribution in [-0.4, -0.2) is 40.6 Å². The molecule has 5 nitrogen and oxygen atoms in total. The van der Waals surface area contributed by atoms with E-state index in [0.29, 0.717) is 5.69 Å². The van der Waals surface area contributed by atoms with Crippen LogP contribution in [0.3, 0.4) is 0 Å². The largest absolute Gasteiger partial charge is 0.363 e. The fraction of sp³-hybridized carbons (Fsp3) is 0.583. The Labute approximate surface area is 101 Å². The Morgan fingerprint density at radius 3 is 2.47 bits per heavy atom. The molecule has 1 aromatic heterocycles. The smallest absolute Gasteiger partial charge is 0.273 e. The van der Waals surface area contributed by atoms with Crippen LogP contribution in [0.2, 0.25) is 0 Å². The Morgan fingerprint density at radius 1 is 1.35 bits per heavy atom. The van der Waals surface area contributed by atoms with Crippen LogP contribution in [0.15, 0.2) is 12.1 Å². The second-order valence-electron chi connectivity index (χ2n) is 5.04. The maximum absolute atomic E-state index is 11.6. The number of rotatable bonds is 3. The molecule has 1 aliphatic carbocycles. The Balaban J connectivity index is 2.05. The summed E-state index contributed by atoms with van der Waals surface area (Å²) in [7, 11) is 3.40. The topological polar surface area (TPSA) is 58.1 Å². The van der Waals surface area contributed by atoms with Crippen molar-refractivity contribution >= 4 is 11.7 Å². The first kappa shape index (κ1) is 11.8. The second kappa shape index (κ2) is 4.31. The van der Waals surface area contributed by atoms with Crippen LogP contribution in [-0.2, 0) is 0 Å². The Kier molecular flexibility index (Phi) is 3.00. The lowest BCUT2D eigenvalue weighted by Crippen LogP contribution is -2.42. The van der Waals surface area contributed by atoms with Crippen molar-refractivity contribution in [2.75, 3.05) is 19.4 Å². The van der Waals surface area contributed by atoms with Crippen molar-refractivity contribution in [1.29, 1.82) is 0 Å². The molecule has 17 heavy (non-hydrogen) atoms. The Hall–Kier alpha value is -1.65. The van der Waals surface area contributed by atoms with Gasteiger partial charge in [0.1, 0.15) is 5.82 Å². The van der Waals surface area contributed by atoms with Crippen molar-refractivity contribution < 1.29 is 4.79 Å². The third-order valence-electron chi connectivity index (χ3n) is 3.18. The average molecular weight is 234 g/mol. The van der Waals surface area contributed by atoms with E-state index in [1.165, 1.54) is 11.3 Å². The van der Waals surface area contributed by atoms with E-state index in [4.69, 9.17) is 0 Å². The van der Waals surface area contributed by atoms with E-state index in [2.05, 4.69) is 22.4 Å². The van der Waals surface area contributed by atoms with E-state index in [1.807, 2.05) is 6.07 Å². The van der Waals surface area contributed by atoms with Crippen molar-refractivity contribution in [1.82, 2.24) is 15.1 Å². The number of anilines is 1. The lowest BCUT2D eigenvalue weighted by Gasteiger charge is -2.39. The molecule has 0 atom stereocenters. The van der Waals surface area contributed by atoms with Gasteiger partial charge in [0.15, 0.2) is 5.69 Å². The first-order chi connectivity index (χ1) is 8.00. The van der Waals surface area contributed by atoms with Gasteiger partial charge in [-0.25, -0.2) is 0 Å². The molecule has 0 bridgehead atoms. The molecule has 0 saturated heterocycles. The number of carbonyl (C=O) groups is 1. The molecular weight excluding hydrogens is 216 g/mol. The fourth-order valence-electron chi connectivity index (χ4n) is 1.88. The normalized spacial score (nSPS) is 17.1. The minimum atomic E-state index is -0.126. The van der Waals surface area contributed by atoms with Gasteiger partial charge in [-0.05, 0) is 38.3 Å². The number of carbonyl (C=O) groups excluding carboxylic acids is 1. The minimum Gasteiger partial charge on any atom is -0.363 e. The van der Waals surface area contributed by atoms with Crippen LogP contribution in [0.1, 0.15) is 36.7 Å². The van der Waals surface area contributed by atoms with Crippen LogP contribution in [0.5, 0.6) is 0 Å². The van der Waals surface area contributed by atoms with Gasteiger partial charge in [0.05, 0.1) is 0 Å². The number of amides is 1. The molecule has 0 radical (unpaired) electrons. The zero-order valence-corrected chi connectivity index (χ0v) is 10.5. The molecule has 1 fully saturated rings. The molecule has 5 heteroatoms. The van der Waals surface area contributed by atoms with E-state index in [-0.39, 0.29) is 11.4 Å². The van der Waals surface area contributed by atoms with E-state index in [9.17, 15) is 4.79 Å². The highest BCUT2D eigenvalue weighted by Crippen LogP contribution is 2.33. The SMILES string of the molecule is CN(C)C(=O)c1ccc(NC2(C)CCC2)nn1. The lowest BCUT2D eigenvalue weighted by atomic mass is 9.78. The van der Waals surface area contributed by atoms with E-state index >= 15 is 0 Å². The third kappa shape index (κ3) is 2.54. The van der Waals surface area contributed by atoms with Crippen LogP contribution >= 0.6 is 0 Å². The first-order valence-electron chi connectivity index (χ1n) is 5.84. The number of nitrogens with one attached hydrogen (secondary N) is 1. The van der Waals surface area contributed by atoms with Gasteiger partial charge >= 0.3 is 0 Å². The van der Waals surface area contributed by atoms with Crippen molar-refractivity contribution in [2.24, 2.45) is 0 Å². The Bertz CT molecular complexity index is 409. The van der Waals surface area contributed by atoms with Crippen LogP contribution in [0, 0.1) is 0 Å². The van der Waals surface area contributed by atoms with Crippen LogP contribution < -0.4 is 5.32 Å². The highest BCUT2D eigenvalue weighted by atomic mass is 16.2. The van der Waals surface area contributed by atoms with Gasteiger partial charge in [0, 0.05) is 19.6 Å². The van der Waals surface area contributed by atoms with Gasteiger partial charge in [-0.3, -0.25) is 4.79 Å². The molecular formula is C12H18N4O. The van der Waals surface area contributed by atoms with E-state index in [0.717, 1.165) is 18.7 Å². The standard InChI is InChI=1S/C12H18N4O/c1-12(7-4-8-12)13-10-6-5-9(14-15-10)11(17)16(2)3/h5-6H,4,7-8H2,1-3H3,(H,13,15). The molecule has 1 N–H and O–H groups in total.